The Morgan fingerprint density at radius 1 is 1.57 bits per heavy atom. The van der Waals surface area contributed by atoms with Gasteiger partial charge in [0.05, 0.1) is 0 Å². The van der Waals surface area contributed by atoms with E-state index in [1.807, 2.05) is 6.08 Å². The normalized spacial score (nSPS) is 18.3. The summed E-state index contributed by atoms with van der Waals surface area (Å²) in [4.78, 5) is 0. The van der Waals surface area contributed by atoms with Gasteiger partial charge in [-0.05, 0) is 25.9 Å². The van der Waals surface area contributed by atoms with Gasteiger partial charge in [-0.15, -0.1) is 16.8 Å². The number of hydrogen-bond donors (Lipinski definition) is 1. The van der Waals surface area contributed by atoms with E-state index in [0.717, 1.165) is 38.3 Å². The van der Waals surface area contributed by atoms with Gasteiger partial charge in [-0.2, -0.15) is 0 Å². The van der Waals surface area contributed by atoms with Crippen LogP contribution in [0.25, 0.3) is 0 Å². The fraction of sp³-hybridized carbons (Fsp3) is 0.600. The van der Waals surface area contributed by atoms with E-state index in [9.17, 15) is 0 Å². The van der Waals surface area contributed by atoms with Gasteiger partial charge in [-0.1, -0.05) is 6.08 Å². The lowest BCUT2D eigenvalue weighted by Crippen LogP contribution is -2.28. The van der Waals surface area contributed by atoms with E-state index in [4.69, 9.17) is 0 Å². The average molecular weight is 192 g/mol. The van der Waals surface area contributed by atoms with Crippen LogP contribution in [0, 0.1) is 0 Å². The van der Waals surface area contributed by atoms with Crippen LogP contribution in [0.1, 0.15) is 24.6 Å². The van der Waals surface area contributed by atoms with Crippen LogP contribution in [0.4, 0.5) is 0 Å². The highest BCUT2D eigenvalue weighted by Gasteiger charge is 2.19. The first kappa shape index (κ1) is 9.40. The highest BCUT2D eigenvalue weighted by molar-refractivity contribution is 4.99. The maximum absolute atomic E-state index is 4.20. The first-order valence-electron chi connectivity index (χ1n) is 5.11. The SMILES string of the molecule is C=CCn1cnnc1C1CCNCC1. The van der Waals surface area contributed by atoms with Crippen molar-refractivity contribution in [3.05, 3.63) is 24.8 Å². The fourth-order valence-electron chi connectivity index (χ4n) is 1.94. The molecule has 14 heavy (non-hydrogen) atoms. The lowest BCUT2D eigenvalue weighted by Gasteiger charge is -2.21. The Labute approximate surface area is 84.0 Å². The number of aromatic nitrogens is 3. The van der Waals surface area contributed by atoms with E-state index in [1.165, 1.54) is 0 Å². The van der Waals surface area contributed by atoms with Crippen LogP contribution in [0.3, 0.4) is 0 Å². The van der Waals surface area contributed by atoms with Crippen molar-refractivity contribution in [1.29, 1.82) is 0 Å². The quantitative estimate of drug-likeness (QED) is 0.724. The molecular weight excluding hydrogens is 176 g/mol. The van der Waals surface area contributed by atoms with E-state index in [0.29, 0.717) is 5.92 Å². The molecule has 0 bridgehead atoms. The van der Waals surface area contributed by atoms with Crippen molar-refractivity contribution in [3.63, 3.8) is 0 Å². The molecule has 1 N–H and O–H groups in total. The highest BCUT2D eigenvalue weighted by Crippen LogP contribution is 2.22. The highest BCUT2D eigenvalue weighted by atomic mass is 15.3. The number of allylic oxidation sites excluding steroid dienone is 1. The molecule has 0 aromatic carbocycles. The summed E-state index contributed by atoms with van der Waals surface area (Å²) < 4.78 is 2.09. The predicted octanol–water partition coefficient (Wildman–Crippen LogP) is 0.931. The number of rotatable bonds is 3. The Bertz CT molecular complexity index is 299. The zero-order chi connectivity index (χ0) is 9.80. The van der Waals surface area contributed by atoms with Gasteiger partial charge in [0.1, 0.15) is 12.2 Å². The predicted molar refractivity (Wildman–Crippen MR) is 55.1 cm³/mol. The van der Waals surface area contributed by atoms with Gasteiger partial charge in [-0.25, -0.2) is 0 Å². The van der Waals surface area contributed by atoms with Crippen LogP contribution in [0.5, 0.6) is 0 Å². The summed E-state index contributed by atoms with van der Waals surface area (Å²) in [6.45, 7) is 6.72. The molecule has 0 unspecified atom stereocenters. The largest absolute Gasteiger partial charge is 0.317 e. The molecule has 1 aromatic rings. The zero-order valence-corrected chi connectivity index (χ0v) is 8.32. The third-order valence-electron chi connectivity index (χ3n) is 2.68. The second-order valence-corrected chi connectivity index (χ2v) is 3.65. The Kier molecular flexibility index (Phi) is 2.93. The molecule has 2 heterocycles. The van der Waals surface area contributed by atoms with E-state index >= 15 is 0 Å². The second-order valence-electron chi connectivity index (χ2n) is 3.65. The second kappa shape index (κ2) is 4.37. The van der Waals surface area contributed by atoms with Crippen molar-refractivity contribution in [2.24, 2.45) is 0 Å². The van der Waals surface area contributed by atoms with Crippen LogP contribution in [-0.2, 0) is 6.54 Å². The van der Waals surface area contributed by atoms with E-state index in [-0.39, 0.29) is 0 Å². The number of nitrogens with one attached hydrogen (secondary N) is 1. The molecule has 0 saturated carbocycles. The lowest BCUT2D eigenvalue weighted by atomic mass is 9.97. The van der Waals surface area contributed by atoms with Gasteiger partial charge in [0.15, 0.2) is 0 Å². The molecule has 0 amide bonds. The number of piperidine rings is 1. The average Bonchev–Trinajstić information content (AvgIpc) is 2.68. The summed E-state index contributed by atoms with van der Waals surface area (Å²) in [7, 11) is 0. The van der Waals surface area contributed by atoms with E-state index in [2.05, 4.69) is 26.7 Å². The van der Waals surface area contributed by atoms with Crippen LogP contribution in [0.2, 0.25) is 0 Å². The molecule has 1 aliphatic rings. The van der Waals surface area contributed by atoms with Gasteiger partial charge >= 0.3 is 0 Å². The van der Waals surface area contributed by atoms with E-state index in [1.54, 1.807) is 6.33 Å². The minimum absolute atomic E-state index is 0.568. The molecule has 1 aromatic heterocycles. The fourth-order valence-corrected chi connectivity index (χ4v) is 1.94. The smallest absolute Gasteiger partial charge is 0.136 e. The third kappa shape index (κ3) is 1.85. The molecule has 4 heteroatoms. The van der Waals surface area contributed by atoms with Crippen LogP contribution >= 0.6 is 0 Å². The topological polar surface area (TPSA) is 42.7 Å². The van der Waals surface area contributed by atoms with Crippen molar-refractivity contribution in [2.75, 3.05) is 13.1 Å². The van der Waals surface area contributed by atoms with Gasteiger partial charge < -0.3 is 9.88 Å². The third-order valence-corrected chi connectivity index (χ3v) is 2.68. The molecule has 1 saturated heterocycles. The van der Waals surface area contributed by atoms with Crippen LogP contribution in [-0.4, -0.2) is 27.9 Å². The first-order chi connectivity index (χ1) is 6.92. The van der Waals surface area contributed by atoms with Gasteiger partial charge in [0.25, 0.3) is 0 Å². The van der Waals surface area contributed by atoms with Crippen LogP contribution in [0.15, 0.2) is 19.0 Å². The van der Waals surface area contributed by atoms with Gasteiger partial charge in [-0.3, -0.25) is 0 Å². The van der Waals surface area contributed by atoms with Crippen LogP contribution < -0.4 is 5.32 Å². The van der Waals surface area contributed by atoms with Gasteiger partial charge in [0, 0.05) is 12.5 Å². The molecule has 0 spiro atoms. The molecule has 1 aliphatic heterocycles. The summed E-state index contributed by atoms with van der Waals surface area (Å²) in [5.41, 5.74) is 0. The molecule has 1 fully saturated rings. The summed E-state index contributed by atoms with van der Waals surface area (Å²) in [6.07, 6.45) is 6.00. The Morgan fingerprint density at radius 3 is 3.07 bits per heavy atom. The van der Waals surface area contributed by atoms with Crippen molar-refractivity contribution >= 4 is 0 Å². The summed E-state index contributed by atoms with van der Waals surface area (Å²) in [6, 6.07) is 0. The van der Waals surface area contributed by atoms with Gasteiger partial charge in [0.2, 0.25) is 0 Å². The Hall–Kier alpha value is -1.16. The monoisotopic (exact) mass is 192 g/mol. The van der Waals surface area contributed by atoms with Crippen molar-refractivity contribution in [3.8, 4) is 0 Å². The molecule has 0 atom stereocenters. The van der Waals surface area contributed by atoms with Crippen molar-refractivity contribution < 1.29 is 0 Å². The van der Waals surface area contributed by atoms with E-state index < -0.39 is 0 Å². The number of nitrogens with zero attached hydrogens (tertiary/aromatic N) is 3. The molecule has 4 nitrogen and oxygen atoms in total. The molecule has 2 rings (SSSR count). The molecule has 0 radical (unpaired) electrons. The maximum atomic E-state index is 4.20. The standard InChI is InChI=1S/C10H16N4/c1-2-7-14-8-12-13-10(14)9-3-5-11-6-4-9/h2,8-9,11H,1,3-7H2. The van der Waals surface area contributed by atoms with Crippen molar-refractivity contribution in [2.45, 2.75) is 25.3 Å². The zero-order valence-electron chi connectivity index (χ0n) is 8.32. The number of hydrogen-bond acceptors (Lipinski definition) is 3. The maximum Gasteiger partial charge on any atom is 0.136 e. The summed E-state index contributed by atoms with van der Waals surface area (Å²) in [5, 5.41) is 11.5. The lowest BCUT2D eigenvalue weighted by molar-refractivity contribution is 0.433. The Balaban J connectivity index is 2.12. The van der Waals surface area contributed by atoms with Crippen molar-refractivity contribution in [1.82, 2.24) is 20.1 Å². The minimum Gasteiger partial charge on any atom is -0.317 e. The molecule has 76 valence electrons. The first-order valence-corrected chi connectivity index (χ1v) is 5.11. The molecule has 0 aliphatic carbocycles. The Morgan fingerprint density at radius 2 is 2.36 bits per heavy atom. The summed E-state index contributed by atoms with van der Waals surface area (Å²) >= 11 is 0. The summed E-state index contributed by atoms with van der Waals surface area (Å²) in [5.74, 6) is 1.69. The molecular formula is C10H16N4. The minimum atomic E-state index is 0.568.